The highest BCUT2D eigenvalue weighted by molar-refractivity contribution is 5.82. The van der Waals surface area contributed by atoms with Crippen molar-refractivity contribution in [3.05, 3.63) is 12.2 Å². The van der Waals surface area contributed by atoms with Crippen molar-refractivity contribution in [1.29, 1.82) is 0 Å². The number of nitrogens with zero attached hydrogens (tertiary/aromatic N) is 3. The summed E-state index contributed by atoms with van der Waals surface area (Å²) in [6.07, 6.45) is 6.60. The fraction of sp³-hybridized carbons (Fsp3) is 0.222. The van der Waals surface area contributed by atoms with Crippen LogP contribution in [0.2, 0.25) is 0 Å². The van der Waals surface area contributed by atoms with Gasteiger partial charge in [0.15, 0.2) is 11.5 Å². The van der Waals surface area contributed by atoms with E-state index in [4.69, 9.17) is 6.42 Å². The predicted molar refractivity (Wildman–Crippen MR) is 53.7 cm³/mol. The van der Waals surface area contributed by atoms with Crippen LogP contribution in [-0.2, 0) is 0 Å². The fourth-order valence-electron chi connectivity index (χ4n) is 1.21. The van der Waals surface area contributed by atoms with Gasteiger partial charge < -0.3 is 10.3 Å². The molecule has 2 N–H and O–H groups in total. The average molecular weight is 187 g/mol. The Morgan fingerprint density at radius 1 is 1.57 bits per heavy atom. The normalized spacial score (nSPS) is 10.0. The van der Waals surface area contributed by atoms with E-state index in [1.165, 1.54) is 6.33 Å². The van der Waals surface area contributed by atoms with Crippen LogP contribution in [-0.4, -0.2) is 26.5 Å². The maximum atomic E-state index is 5.14. The number of rotatable bonds is 2. The standard InChI is InChI=1S/C9H9N5/c1-3-4-10-8-7-9(12-5-11-8)14-6(2)13-7/h1,5H,4H2,2H3,(H2,10,11,12,13,14). The molecule has 2 rings (SSSR count). The lowest BCUT2D eigenvalue weighted by Gasteiger charge is -2.00. The molecular formula is C9H9N5. The van der Waals surface area contributed by atoms with E-state index in [1.807, 2.05) is 6.92 Å². The highest BCUT2D eigenvalue weighted by Crippen LogP contribution is 2.15. The van der Waals surface area contributed by atoms with Crippen molar-refractivity contribution in [3.63, 3.8) is 0 Å². The van der Waals surface area contributed by atoms with Crippen LogP contribution in [0.3, 0.4) is 0 Å². The molecular weight excluding hydrogens is 178 g/mol. The Morgan fingerprint density at radius 3 is 3.21 bits per heavy atom. The average Bonchev–Trinajstić information content (AvgIpc) is 2.55. The summed E-state index contributed by atoms with van der Waals surface area (Å²) >= 11 is 0. The van der Waals surface area contributed by atoms with E-state index < -0.39 is 0 Å². The van der Waals surface area contributed by atoms with E-state index in [1.54, 1.807) is 0 Å². The third-order valence-electron chi connectivity index (χ3n) is 1.76. The second kappa shape index (κ2) is 3.34. The van der Waals surface area contributed by atoms with E-state index in [0.717, 1.165) is 11.3 Å². The van der Waals surface area contributed by atoms with Gasteiger partial charge in [-0.15, -0.1) is 6.42 Å². The summed E-state index contributed by atoms with van der Waals surface area (Å²) in [4.78, 5) is 15.3. The van der Waals surface area contributed by atoms with Crippen LogP contribution in [0.1, 0.15) is 5.82 Å². The molecule has 0 aliphatic carbocycles. The molecule has 0 spiro atoms. The van der Waals surface area contributed by atoms with Gasteiger partial charge in [-0.1, -0.05) is 5.92 Å². The molecule has 2 heterocycles. The number of nitrogens with one attached hydrogen (secondary N) is 2. The smallest absolute Gasteiger partial charge is 0.183 e. The molecule has 0 radical (unpaired) electrons. The number of hydrogen-bond donors (Lipinski definition) is 2. The fourth-order valence-corrected chi connectivity index (χ4v) is 1.21. The number of imidazole rings is 1. The van der Waals surface area contributed by atoms with Crippen LogP contribution in [0.5, 0.6) is 0 Å². The second-order valence-corrected chi connectivity index (χ2v) is 2.80. The lowest BCUT2D eigenvalue weighted by atomic mass is 10.5. The molecule has 2 aromatic rings. The molecule has 14 heavy (non-hydrogen) atoms. The molecule has 70 valence electrons. The highest BCUT2D eigenvalue weighted by Gasteiger charge is 2.05. The number of hydrogen-bond acceptors (Lipinski definition) is 4. The number of aromatic nitrogens is 4. The summed E-state index contributed by atoms with van der Waals surface area (Å²) in [5, 5.41) is 2.99. The zero-order valence-electron chi connectivity index (χ0n) is 7.70. The van der Waals surface area contributed by atoms with Crippen LogP contribution >= 0.6 is 0 Å². The third-order valence-corrected chi connectivity index (χ3v) is 1.76. The zero-order valence-corrected chi connectivity index (χ0v) is 7.70. The van der Waals surface area contributed by atoms with Gasteiger partial charge in [-0.25, -0.2) is 15.0 Å². The molecule has 0 fully saturated rings. The molecule has 0 bridgehead atoms. The van der Waals surface area contributed by atoms with Crippen LogP contribution in [0.4, 0.5) is 5.82 Å². The Morgan fingerprint density at radius 2 is 2.43 bits per heavy atom. The van der Waals surface area contributed by atoms with Crippen LogP contribution < -0.4 is 5.32 Å². The summed E-state index contributed by atoms with van der Waals surface area (Å²) < 4.78 is 0. The summed E-state index contributed by atoms with van der Waals surface area (Å²) in [7, 11) is 0. The first-order valence-electron chi connectivity index (χ1n) is 4.16. The Labute approximate surface area is 81.0 Å². The minimum atomic E-state index is 0.435. The molecule has 0 amide bonds. The summed E-state index contributed by atoms with van der Waals surface area (Å²) in [5.74, 6) is 3.98. The lowest BCUT2D eigenvalue weighted by Crippen LogP contribution is -2.01. The SMILES string of the molecule is C#CCNc1ncnc2nc(C)[nH]c12. The van der Waals surface area contributed by atoms with Gasteiger partial charge in [-0.05, 0) is 6.92 Å². The molecule has 2 aromatic heterocycles. The molecule has 0 aliphatic rings. The predicted octanol–water partition coefficient (Wildman–Crippen LogP) is 0.706. The van der Waals surface area contributed by atoms with Crippen LogP contribution in [0, 0.1) is 19.3 Å². The molecule has 0 aliphatic heterocycles. The van der Waals surface area contributed by atoms with E-state index in [2.05, 4.69) is 31.2 Å². The monoisotopic (exact) mass is 187 g/mol. The van der Waals surface area contributed by atoms with Crippen molar-refractivity contribution in [2.45, 2.75) is 6.92 Å². The number of aryl methyl sites for hydroxylation is 1. The number of terminal acetylenes is 1. The molecule has 0 saturated heterocycles. The maximum Gasteiger partial charge on any atom is 0.183 e. The number of anilines is 1. The number of fused-ring (bicyclic) bond motifs is 1. The zero-order chi connectivity index (χ0) is 9.97. The minimum absolute atomic E-state index is 0.435. The largest absolute Gasteiger partial charge is 0.357 e. The summed E-state index contributed by atoms with van der Waals surface area (Å²) in [6, 6.07) is 0. The van der Waals surface area contributed by atoms with Gasteiger partial charge in [-0.3, -0.25) is 0 Å². The Kier molecular flexibility index (Phi) is 2.03. The molecule has 5 heteroatoms. The van der Waals surface area contributed by atoms with Crippen molar-refractivity contribution < 1.29 is 0 Å². The van der Waals surface area contributed by atoms with Gasteiger partial charge in [-0.2, -0.15) is 0 Å². The van der Waals surface area contributed by atoms with Crippen LogP contribution in [0.15, 0.2) is 6.33 Å². The quantitative estimate of drug-likeness (QED) is 0.679. The Balaban J connectivity index is 2.48. The van der Waals surface area contributed by atoms with Crippen molar-refractivity contribution in [3.8, 4) is 12.3 Å². The molecule has 0 atom stereocenters. The van der Waals surface area contributed by atoms with E-state index in [9.17, 15) is 0 Å². The van der Waals surface area contributed by atoms with Gasteiger partial charge in [0.1, 0.15) is 17.7 Å². The van der Waals surface area contributed by atoms with Crippen molar-refractivity contribution in [2.24, 2.45) is 0 Å². The van der Waals surface area contributed by atoms with Crippen molar-refractivity contribution in [1.82, 2.24) is 19.9 Å². The topological polar surface area (TPSA) is 66.5 Å². The second-order valence-electron chi connectivity index (χ2n) is 2.80. The van der Waals surface area contributed by atoms with Gasteiger partial charge in [0.2, 0.25) is 0 Å². The number of aromatic amines is 1. The molecule has 0 aromatic carbocycles. The first-order valence-corrected chi connectivity index (χ1v) is 4.16. The summed E-state index contributed by atoms with van der Waals surface area (Å²) in [5.41, 5.74) is 1.44. The first kappa shape index (κ1) is 8.51. The first-order chi connectivity index (χ1) is 6.81. The molecule has 0 unspecified atom stereocenters. The summed E-state index contributed by atoms with van der Waals surface area (Å²) in [6.45, 7) is 2.30. The maximum absolute atomic E-state index is 5.14. The third kappa shape index (κ3) is 1.38. The number of H-pyrrole nitrogens is 1. The van der Waals surface area contributed by atoms with Gasteiger partial charge >= 0.3 is 0 Å². The van der Waals surface area contributed by atoms with Gasteiger partial charge in [0, 0.05) is 0 Å². The van der Waals surface area contributed by atoms with Gasteiger partial charge in [0.25, 0.3) is 0 Å². The minimum Gasteiger partial charge on any atom is -0.357 e. The lowest BCUT2D eigenvalue weighted by molar-refractivity contribution is 1.16. The van der Waals surface area contributed by atoms with E-state index in [-0.39, 0.29) is 0 Å². The molecule has 5 nitrogen and oxygen atoms in total. The Bertz CT molecular complexity index is 493. The van der Waals surface area contributed by atoms with E-state index >= 15 is 0 Å². The molecule has 0 saturated carbocycles. The highest BCUT2D eigenvalue weighted by atomic mass is 15.1. The van der Waals surface area contributed by atoms with Crippen LogP contribution in [0.25, 0.3) is 11.2 Å². The van der Waals surface area contributed by atoms with Crippen molar-refractivity contribution in [2.75, 3.05) is 11.9 Å². The van der Waals surface area contributed by atoms with Gasteiger partial charge in [0.05, 0.1) is 6.54 Å². The van der Waals surface area contributed by atoms with E-state index in [0.29, 0.717) is 18.0 Å². The van der Waals surface area contributed by atoms with Crippen molar-refractivity contribution >= 4 is 17.0 Å². The Hall–Kier alpha value is -2.09.